The minimum absolute atomic E-state index is 1.15. The van der Waals surface area contributed by atoms with Crippen molar-refractivity contribution >= 4 is 82.9 Å². The van der Waals surface area contributed by atoms with Crippen LogP contribution in [0, 0.1) is 0 Å². The molecule has 0 aliphatic rings. The van der Waals surface area contributed by atoms with Crippen molar-refractivity contribution < 1.29 is 0 Å². The Bertz CT molecular complexity index is 3620. The molecule has 13 rings (SSSR count). The van der Waals surface area contributed by atoms with Gasteiger partial charge in [-0.2, -0.15) is 0 Å². The maximum Gasteiger partial charge on any atom is 0.179 e. The molecule has 1 aromatic heterocycles. The van der Waals surface area contributed by atoms with Crippen LogP contribution in [-0.2, 0) is 0 Å². The van der Waals surface area contributed by atoms with Crippen LogP contribution in [-0.4, -0.2) is 12.6 Å². The summed E-state index contributed by atoms with van der Waals surface area (Å²) in [7, 11) is -2.69. The molecule has 1 heterocycles. The lowest BCUT2D eigenvalue weighted by molar-refractivity contribution is 1.18. The molecule has 308 valence electrons. The second-order valence-corrected chi connectivity index (χ2v) is 21.5. The molecule has 0 aliphatic carbocycles. The minimum Gasteiger partial charge on any atom is -0.309 e. The molecule has 13 aromatic rings. The van der Waals surface area contributed by atoms with Crippen molar-refractivity contribution in [2.75, 3.05) is 0 Å². The lowest BCUT2D eigenvalue weighted by Crippen LogP contribution is -2.74. The fourth-order valence-electron chi connectivity index (χ4n) is 11.0. The molecule has 0 amide bonds. The Morgan fingerprint density at radius 3 is 1.00 bits per heavy atom. The highest BCUT2D eigenvalue weighted by Gasteiger charge is 2.41. The molecular weight excluding hydrogens is 811 g/mol. The first-order valence-corrected chi connectivity index (χ1v) is 24.9. The van der Waals surface area contributed by atoms with Crippen LogP contribution in [0.2, 0.25) is 0 Å². The van der Waals surface area contributed by atoms with Crippen molar-refractivity contribution in [3.8, 4) is 39.1 Å². The van der Waals surface area contributed by atoms with Gasteiger partial charge >= 0.3 is 0 Å². The average Bonchev–Trinajstić information content (AvgIpc) is 3.72. The summed E-state index contributed by atoms with van der Waals surface area (Å²) in [5.41, 5.74) is 10.9. The largest absolute Gasteiger partial charge is 0.309 e. The maximum absolute atomic E-state index is 2.69. The Morgan fingerprint density at radius 2 is 0.591 bits per heavy atom. The third-order valence-corrected chi connectivity index (χ3v) is 18.8. The van der Waals surface area contributed by atoms with Crippen LogP contribution in [0.4, 0.5) is 0 Å². The number of benzene rings is 12. The topological polar surface area (TPSA) is 4.93 Å². The Hall–Kier alpha value is -8.30. The standard InChI is InChI=1S/C64H43NSi/c1-6-16-44(17-7-1)47-32-36-61-59(42-47)60-43-48(45-18-8-2-9-19-45)33-37-62(60)65(61)54-34-30-46(31-35-54)53-38-49-26-28-51-40-58(41-52-29-27-50(39-53)63(49)64(51)52)66(55-20-10-3-11-21-55,56-22-12-4-13-23-56)57-24-14-5-15-25-57/h1-43H. The Morgan fingerprint density at radius 1 is 0.242 bits per heavy atom. The minimum atomic E-state index is -2.69. The molecule has 0 aliphatic heterocycles. The average molecular weight is 854 g/mol. The highest BCUT2D eigenvalue weighted by molar-refractivity contribution is 7.20. The van der Waals surface area contributed by atoms with Crippen LogP contribution in [0.1, 0.15) is 0 Å². The van der Waals surface area contributed by atoms with Gasteiger partial charge in [0, 0.05) is 16.5 Å². The van der Waals surface area contributed by atoms with Crippen molar-refractivity contribution in [3.05, 3.63) is 261 Å². The van der Waals surface area contributed by atoms with Crippen molar-refractivity contribution in [3.63, 3.8) is 0 Å². The van der Waals surface area contributed by atoms with Crippen LogP contribution >= 0.6 is 0 Å². The second-order valence-electron chi connectivity index (χ2n) is 17.7. The predicted octanol–water partition coefficient (Wildman–Crippen LogP) is 14.1. The van der Waals surface area contributed by atoms with Crippen molar-refractivity contribution in [1.82, 2.24) is 4.57 Å². The van der Waals surface area contributed by atoms with E-state index in [4.69, 9.17) is 0 Å². The van der Waals surface area contributed by atoms with Gasteiger partial charge in [0.05, 0.1) is 11.0 Å². The van der Waals surface area contributed by atoms with Gasteiger partial charge < -0.3 is 4.57 Å². The van der Waals surface area contributed by atoms with Gasteiger partial charge in [0.2, 0.25) is 0 Å². The number of hydrogen-bond acceptors (Lipinski definition) is 0. The van der Waals surface area contributed by atoms with E-state index in [1.807, 2.05) is 0 Å². The number of fused-ring (bicyclic) bond motifs is 3. The number of hydrogen-bond donors (Lipinski definition) is 0. The van der Waals surface area contributed by atoms with Crippen LogP contribution < -0.4 is 20.7 Å². The summed E-state index contributed by atoms with van der Waals surface area (Å²) in [6, 6.07) is 97.3. The van der Waals surface area contributed by atoms with E-state index in [2.05, 4.69) is 265 Å². The monoisotopic (exact) mass is 853 g/mol. The summed E-state index contributed by atoms with van der Waals surface area (Å²) in [4.78, 5) is 0. The molecule has 0 spiro atoms. The summed E-state index contributed by atoms with van der Waals surface area (Å²) < 4.78 is 2.43. The maximum atomic E-state index is 2.51. The zero-order valence-electron chi connectivity index (χ0n) is 36.3. The third-order valence-electron chi connectivity index (χ3n) is 14.0. The molecule has 0 saturated carbocycles. The molecule has 0 N–H and O–H groups in total. The van der Waals surface area contributed by atoms with Crippen molar-refractivity contribution in [2.24, 2.45) is 0 Å². The zero-order valence-corrected chi connectivity index (χ0v) is 37.3. The quantitative estimate of drug-likeness (QED) is 0.0815. The van der Waals surface area contributed by atoms with Gasteiger partial charge in [0.1, 0.15) is 0 Å². The number of aromatic nitrogens is 1. The Balaban J connectivity index is 0.922. The van der Waals surface area contributed by atoms with Gasteiger partial charge in [-0.1, -0.05) is 212 Å². The van der Waals surface area contributed by atoms with E-state index >= 15 is 0 Å². The van der Waals surface area contributed by atoms with Crippen LogP contribution in [0.5, 0.6) is 0 Å². The van der Waals surface area contributed by atoms with Crippen LogP contribution in [0.3, 0.4) is 0 Å². The molecule has 12 aromatic carbocycles. The summed E-state index contributed by atoms with van der Waals surface area (Å²) in [5, 5.41) is 15.8. The predicted molar refractivity (Wildman–Crippen MR) is 284 cm³/mol. The third kappa shape index (κ3) is 6.07. The first kappa shape index (κ1) is 38.2. The zero-order chi connectivity index (χ0) is 43.6. The molecular formula is C64H43NSi. The van der Waals surface area contributed by atoms with Gasteiger partial charge in [-0.05, 0) is 135 Å². The molecule has 0 unspecified atom stereocenters. The first-order chi connectivity index (χ1) is 32.7. The lowest BCUT2D eigenvalue weighted by atomic mass is 9.91. The molecule has 0 atom stereocenters. The molecule has 0 saturated heterocycles. The van der Waals surface area contributed by atoms with Gasteiger partial charge in [-0.25, -0.2) is 0 Å². The van der Waals surface area contributed by atoms with Gasteiger partial charge in [0.15, 0.2) is 8.07 Å². The summed E-state index contributed by atoms with van der Waals surface area (Å²) in [6.07, 6.45) is 0. The normalized spacial score (nSPS) is 11.9. The van der Waals surface area contributed by atoms with Crippen molar-refractivity contribution in [2.45, 2.75) is 0 Å². The van der Waals surface area contributed by atoms with Crippen LogP contribution in [0.15, 0.2) is 261 Å². The molecule has 0 bridgehead atoms. The fourth-order valence-corrected chi connectivity index (χ4v) is 15.8. The molecule has 0 radical (unpaired) electrons. The van der Waals surface area contributed by atoms with E-state index in [9.17, 15) is 0 Å². The van der Waals surface area contributed by atoms with E-state index in [0.29, 0.717) is 0 Å². The van der Waals surface area contributed by atoms with E-state index in [1.54, 1.807) is 0 Å². The molecule has 0 fully saturated rings. The number of nitrogens with zero attached hydrogens (tertiary/aromatic N) is 1. The highest BCUT2D eigenvalue weighted by atomic mass is 28.3. The van der Waals surface area contributed by atoms with E-state index in [-0.39, 0.29) is 0 Å². The van der Waals surface area contributed by atoms with E-state index in [1.165, 1.54) is 108 Å². The van der Waals surface area contributed by atoms with Gasteiger partial charge in [0.25, 0.3) is 0 Å². The second kappa shape index (κ2) is 15.4. The summed E-state index contributed by atoms with van der Waals surface area (Å²) >= 11 is 0. The first-order valence-electron chi connectivity index (χ1n) is 22.9. The smallest absolute Gasteiger partial charge is 0.179 e. The fraction of sp³-hybridized carbons (Fsp3) is 0. The SMILES string of the molecule is c1ccc(-c2ccc3c(c2)c2cc(-c4ccccc4)ccc2n3-c2ccc(-c3cc4ccc5cc([Si](c6ccccc6)(c6ccccc6)c6ccccc6)cc6ccc(c3)c4c56)cc2)cc1. The Kier molecular flexibility index (Phi) is 8.94. The number of rotatable bonds is 8. The summed E-state index contributed by atoms with van der Waals surface area (Å²) in [6.45, 7) is 0. The van der Waals surface area contributed by atoms with E-state index < -0.39 is 8.07 Å². The lowest BCUT2D eigenvalue weighted by Gasteiger charge is -2.35. The van der Waals surface area contributed by atoms with Gasteiger partial charge in [-0.15, -0.1) is 0 Å². The Labute approximate surface area is 385 Å². The van der Waals surface area contributed by atoms with Gasteiger partial charge in [-0.3, -0.25) is 0 Å². The van der Waals surface area contributed by atoms with Crippen molar-refractivity contribution in [1.29, 1.82) is 0 Å². The van der Waals surface area contributed by atoms with Crippen LogP contribution in [0.25, 0.3) is 93.2 Å². The molecule has 1 nitrogen and oxygen atoms in total. The molecule has 66 heavy (non-hydrogen) atoms. The molecule has 2 heteroatoms. The highest BCUT2D eigenvalue weighted by Crippen LogP contribution is 2.40. The summed E-state index contributed by atoms with van der Waals surface area (Å²) in [5.74, 6) is 0. The van der Waals surface area contributed by atoms with E-state index in [0.717, 1.165) is 5.69 Å².